The fraction of sp³-hybridized carbons (Fsp3) is 0.583. The van der Waals surface area contributed by atoms with Gasteiger partial charge >= 0.3 is 7.12 Å². The number of nitrogens with two attached hydrogens (primary N) is 5. The van der Waals surface area contributed by atoms with Crippen LogP contribution in [0.2, 0.25) is 0 Å². The molecule has 2 saturated heterocycles. The topological polar surface area (TPSA) is 441 Å². The average molecular weight is 1080 g/mol. The Morgan fingerprint density at radius 1 is 0.675 bits per heavy atom. The van der Waals surface area contributed by atoms with E-state index in [0.717, 1.165) is 4.90 Å². The van der Waals surface area contributed by atoms with Gasteiger partial charge in [-0.1, -0.05) is 24.3 Å². The van der Waals surface area contributed by atoms with Gasteiger partial charge in [0.05, 0.1) is 38.2 Å². The van der Waals surface area contributed by atoms with Crippen molar-refractivity contribution in [1.29, 1.82) is 0 Å². The summed E-state index contributed by atoms with van der Waals surface area (Å²) >= 11 is 0. The standard InChI is InChI=1S/C47H76BN15O11.CH2O2/c49-39(65)29-60-20-18-59(19-21-61(30-40(50)66)23-25-62(24-22-60)31-41(51)67)17-7-11-42(68)58-37(10-6-16-56-47(52)53)46(72)55-15-5-1-4-14-54-44(70)35-12-13-36(34-9-3-2-8-33(34)35)45(71)57-27-43(69)63-28-32(64)26-38(63)48(73)74;2-1-3/h2-3,8-9,12-13,32,37-38,64,73-74H,1,4-7,10-11,14-31H2,(H2,49,65)(H2,50,66)(H2,51,67)(H,54,70)(H,55,72)(H,57,71)(H,58,68)(H4,52,53,56);1H,(H,2,3). The van der Waals surface area contributed by atoms with Gasteiger partial charge in [-0.2, -0.15) is 0 Å². The second-order valence-electron chi connectivity index (χ2n) is 18.8. The lowest BCUT2D eigenvalue weighted by atomic mass is 9.77. The molecule has 0 bridgehead atoms. The molecule has 28 nitrogen and oxygen atoms in total. The molecule has 2 fully saturated rings. The number of unbranched alkanes of at least 4 members (excludes halogenated alkanes) is 2. The van der Waals surface area contributed by atoms with Crippen LogP contribution < -0.4 is 49.9 Å². The third kappa shape index (κ3) is 24.2. The van der Waals surface area contributed by atoms with E-state index in [1.165, 1.54) is 12.1 Å². The fourth-order valence-corrected chi connectivity index (χ4v) is 8.96. The summed E-state index contributed by atoms with van der Waals surface area (Å²) in [5, 5.41) is 48.3. The van der Waals surface area contributed by atoms with Gasteiger partial charge in [0.1, 0.15) is 6.04 Å². The van der Waals surface area contributed by atoms with Crippen LogP contribution in [0.15, 0.2) is 41.4 Å². The van der Waals surface area contributed by atoms with E-state index in [9.17, 15) is 53.5 Å². The number of guanidine groups is 1. The molecule has 2 aliphatic heterocycles. The number of aliphatic hydroxyl groups is 1. The Kier molecular flexibility index (Phi) is 28.9. The molecule has 29 heteroatoms. The average Bonchev–Trinajstić information content (AvgIpc) is 3.78. The van der Waals surface area contributed by atoms with Gasteiger partial charge < -0.3 is 80.0 Å². The van der Waals surface area contributed by atoms with Crippen LogP contribution in [0.1, 0.15) is 72.1 Å². The highest BCUT2D eigenvalue weighted by Crippen LogP contribution is 2.24. The Bertz CT molecular complexity index is 2280. The van der Waals surface area contributed by atoms with Crippen LogP contribution in [0.25, 0.3) is 10.8 Å². The van der Waals surface area contributed by atoms with Gasteiger partial charge in [-0.25, -0.2) is 0 Å². The maximum Gasteiger partial charge on any atom is 0.475 e. The van der Waals surface area contributed by atoms with Crippen LogP contribution >= 0.6 is 0 Å². The molecule has 0 saturated carbocycles. The van der Waals surface area contributed by atoms with Crippen molar-refractivity contribution in [3.8, 4) is 0 Å². The SMILES string of the molecule is NC(=O)CN1CCN(CCCC(=O)NC(CCCN=C(N)N)C(=O)NCCCCCNC(=O)c2ccc(C(=O)NCC(=O)N3CC(O)CC3B(O)O)c3ccccc23)CCN(CC(N)=O)CCN(CC(N)=O)CC1.O=CO. The lowest BCUT2D eigenvalue weighted by Crippen LogP contribution is -2.50. The number of aliphatic hydroxyl groups excluding tert-OH is 1. The summed E-state index contributed by atoms with van der Waals surface area (Å²) in [6.07, 6.45) is 2.16. The number of fused-ring (bicyclic) bond motifs is 1. The first-order valence-electron chi connectivity index (χ1n) is 25.6. The molecule has 0 aromatic heterocycles. The Morgan fingerprint density at radius 3 is 1.64 bits per heavy atom. The molecule has 0 radical (unpaired) electrons. The van der Waals surface area contributed by atoms with E-state index in [4.69, 9.17) is 38.6 Å². The number of aliphatic imine (C=N–C) groups is 1. The van der Waals surface area contributed by atoms with Gasteiger partial charge in [0.15, 0.2) is 5.96 Å². The first-order chi connectivity index (χ1) is 36.7. The number of benzene rings is 2. The number of rotatable bonds is 27. The monoisotopic (exact) mass is 1080 g/mol. The van der Waals surface area contributed by atoms with Gasteiger partial charge in [-0.15, -0.1) is 0 Å². The zero-order chi connectivity index (χ0) is 56.9. The molecule has 77 heavy (non-hydrogen) atoms. The largest absolute Gasteiger partial charge is 0.483 e. The normalized spacial score (nSPS) is 17.3. The number of carbonyl (C=O) groups is 9. The zero-order valence-electron chi connectivity index (χ0n) is 43.6. The molecular formula is C48H78BN15O13. The van der Waals surface area contributed by atoms with Crippen LogP contribution in [0.5, 0.6) is 0 Å². The molecule has 18 N–H and O–H groups in total. The smallest absolute Gasteiger partial charge is 0.475 e. The maximum absolute atomic E-state index is 13.4. The summed E-state index contributed by atoms with van der Waals surface area (Å²) < 4.78 is 0. The predicted molar refractivity (Wildman–Crippen MR) is 285 cm³/mol. The van der Waals surface area contributed by atoms with Crippen molar-refractivity contribution in [2.75, 3.05) is 111 Å². The number of primary amides is 3. The van der Waals surface area contributed by atoms with Crippen molar-refractivity contribution in [3.63, 3.8) is 0 Å². The molecule has 2 aromatic carbocycles. The molecule has 0 aliphatic carbocycles. The third-order valence-electron chi connectivity index (χ3n) is 12.8. The number of hydrogen-bond acceptors (Lipinski definition) is 17. The molecule has 2 heterocycles. The number of nitrogens with one attached hydrogen (secondary N) is 4. The fourth-order valence-electron chi connectivity index (χ4n) is 8.96. The summed E-state index contributed by atoms with van der Waals surface area (Å²) in [4.78, 5) is 123. The number of carboxylic acid groups (broad SMARTS) is 1. The van der Waals surface area contributed by atoms with Gasteiger partial charge in [0.25, 0.3) is 18.3 Å². The Hall–Kier alpha value is -7.02. The zero-order valence-corrected chi connectivity index (χ0v) is 43.6. The van der Waals surface area contributed by atoms with Crippen molar-refractivity contribution < 1.29 is 63.4 Å². The second kappa shape index (κ2) is 34.6. The Morgan fingerprint density at radius 2 is 1.16 bits per heavy atom. The van der Waals surface area contributed by atoms with Crippen LogP contribution in [-0.2, 0) is 33.6 Å². The third-order valence-corrected chi connectivity index (χ3v) is 12.8. The highest BCUT2D eigenvalue weighted by molar-refractivity contribution is 6.43. The number of likely N-dealkylation sites (tertiary alicyclic amines) is 1. The van der Waals surface area contributed by atoms with E-state index in [1.807, 2.05) is 14.7 Å². The highest BCUT2D eigenvalue weighted by Gasteiger charge is 2.41. The molecule has 0 spiro atoms. The van der Waals surface area contributed by atoms with Crippen molar-refractivity contribution in [1.82, 2.24) is 45.8 Å². The van der Waals surface area contributed by atoms with E-state index in [0.29, 0.717) is 120 Å². The van der Waals surface area contributed by atoms with Gasteiger partial charge in [-0.05, 0) is 74.4 Å². The lowest BCUT2D eigenvalue weighted by molar-refractivity contribution is -0.130. The lowest BCUT2D eigenvalue weighted by Gasteiger charge is -2.33. The molecule has 2 aliphatic rings. The van der Waals surface area contributed by atoms with Crippen LogP contribution in [-0.4, -0.2) is 241 Å². The Labute approximate surface area is 447 Å². The molecule has 2 aromatic rings. The van der Waals surface area contributed by atoms with Crippen molar-refractivity contribution >= 4 is 77.6 Å². The second-order valence-corrected chi connectivity index (χ2v) is 18.8. The maximum atomic E-state index is 13.4. The minimum atomic E-state index is -1.84. The summed E-state index contributed by atoms with van der Waals surface area (Å²) in [5.41, 5.74) is 28.1. The molecule has 8 amide bonds. The van der Waals surface area contributed by atoms with E-state index < -0.39 is 61.3 Å². The van der Waals surface area contributed by atoms with E-state index >= 15 is 0 Å². The van der Waals surface area contributed by atoms with Gasteiger partial charge in [-0.3, -0.25) is 62.8 Å². The molecule has 4 rings (SSSR count). The van der Waals surface area contributed by atoms with Crippen LogP contribution in [0, 0.1) is 0 Å². The molecule has 3 atom stereocenters. The van der Waals surface area contributed by atoms with E-state index in [1.54, 1.807) is 24.3 Å². The van der Waals surface area contributed by atoms with E-state index in [-0.39, 0.29) is 87.7 Å². The number of hydrogen-bond donors (Lipinski definition) is 13. The molecule has 426 valence electrons. The summed E-state index contributed by atoms with van der Waals surface area (Å²) in [6.45, 7) is 4.42. The highest BCUT2D eigenvalue weighted by atomic mass is 16.4. The molecular weight excluding hydrogens is 1010 g/mol. The van der Waals surface area contributed by atoms with Crippen molar-refractivity contribution in [3.05, 3.63) is 47.5 Å². The van der Waals surface area contributed by atoms with Gasteiger partial charge in [0.2, 0.25) is 35.4 Å². The number of nitrogens with zero attached hydrogens (tertiary/aromatic N) is 6. The van der Waals surface area contributed by atoms with E-state index in [2.05, 4.69) is 31.2 Å². The first-order valence-corrected chi connectivity index (χ1v) is 25.6. The molecule has 3 unspecified atom stereocenters. The summed E-state index contributed by atoms with van der Waals surface area (Å²) in [7, 11) is -1.84. The number of amides is 8. The van der Waals surface area contributed by atoms with Crippen LogP contribution in [0.3, 0.4) is 0 Å². The van der Waals surface area contributed by atoms with Crippen LogP contribution in [0.4, 0.5) is 0 Å². The minimum absolute atomic E-state index is 0.000730. The quantitative estimate of drug-likeness (QED) is 0.0130. The minimum Gasteiger partial charge on any atom is -0.483 e. The Balaban J connectivity index is 0.00000507. The van der Waals surface area contributed by atoms with Crippen molar-refractivity contribution in [2.24, 2.45) is 33.7 Å². The number of β-amino-alcohol motifs (C(OH)–C–C–N with tert-alkyl or cyclic N) is 1. The van der Waals surface area contributed by atoms with Crippen molar-refractivity contribution in [2.45, 2.75) is 69.5 Å². The predicted octanol–water partition coefficient (Wildman–Crippen LogP) is -5.74. The van der Waals surface area contributed by atoms with Gasteiger partial charge in [0, 0.05) is 96.1 Å². The summed E-state index contributed by atoms with van der Waals surface area (Å²) in [5.74, 6) is -4.76. The summed E-state index contributed by atoms with van der Waals surface area (Å²) in [6, 6.07) is 9.02. The number of carbonyl (C=O) groups excluding carboxylic acids is 8. The first kappa shape index (κ1) is 64.3.